The molecule has 0 heterocycles. The van der Waals surface area contributed by atoms with E-state index in [9.17, 15) is 13.2 Å². The van der Waals surface area contributed by atoms with Gasteiger partial charge in [0.05, 0.1) is 4.90 Å². The number of hydrogen-bond acceptors (Lipinski definition) is 3. The lowest BCUT2D eigenvalue weighted by Crippen LogP contribution is -2.23. The van der Waals surface area contributed by atoms with E-state index in [-0.39, 0.29) is 10.8 Å². The van der Waals surface area contributed by atoms with Crippen LogP contribution in [-0.4, -0.2) is 14.3 Å². The molecule has 0 saturated carbocycles. The number of aryl methyl sites for hydroxylation is 2. The SMILES string of the molecule is Cc1ccc(NS(=O)(=O)c2cccc(C(=O)NCc3ccccc3C)c2)cc1. The van der Waals surface area contributed by atoms with Gasteiger partial charge in [-0.1, -0.05) is 48.0 Å². The second-order valence-corrected chi connectivity index (χ2v) is 8.29. The van der Waals surface area contributed by atoms with Gasteiger partial charge in [-0.05, 0) is 55.3 Å². The summed E-state index contributed by atoms with van der Waals surface area (Å²) < 4.78 is 27.8. The average Bonchev–Trinajstić information content (AvgIpc) is 2.69. The van der Waals surface area contributed by atoms with Gasteiger partial charge in [0.1, 0.15) is 0 Å². The molecule has 144 valence electrons. The number of amides is 1. The van der Waals surface area contributed by atoms with Crippen molar-refractivity contribution < 1.29 is 13.2 Å². The van der Waals surface area contributed by atoms with Crippen molar-refractivity contribution in [2.24, 2.45) is 0 Å². The van der Waals surface area contributed by atoms with Gasteiger partial charge in [0, 0.05) is 17.8 Å². The molecule has 0 spiro atoms. The highest BCUT2D eigenvalue weighted by Crippen LogP contribution is 2.18. The third-order valence-electron chi connectivity index (χ3n) is 4.41. The molecule has 3 rings (SSSR count). The van der Waals surface area contributed by atoms with Gasteiger partial charge in [0.15, 0.2) is 0 Å². The van der Waals surface area contributed by atoms with E-state index in [2.05, 4.69) is 10.0 Å². The number of carbonyl (C=O) groups is 1. The van der Waals surface area contributed by atoms with Crippen molar-refractivity contribution in [1.29, 1.82) is 0 Å². The van der Waals surface area contributed by atoms with Gasteiger partial charge in [-0.15, -0.1) is 0 Å². The van der Waals surface area contributed by atoms with Crippen molar-refractivity contribution in [3.05, 3.63) is 95.1 Å². The van der Waals surface area contributed by atoms with Gasteiger partial charge in [-0.25, -0.2) is 8.42 Å². The summed E-state index contributed by atoms with van der Waals surface area (Å²) in [5.41, 5.74) is 3.90. The van der Waals surface area contributed by atoms with E-state index < -0.39 is 10.0 Å². The predicted molar refractivity (Wildman–Crippen MR) is 111 cm³/mol. The number of sulfonamides is 1. The highest BCUT2D eigenvalue weighted by molar-refractivity contribution is 7.92. The van der Waals surface area contributed by atoms with Gasteiger partial charge in [-0.3, -0.25) is 9.52 Å². The molecule has 0 fully saturated rings. The minimum Gasteiger partial charge on any atom is -0.348 e. The zero-order valence-corrected chi connectivity index (χ0v) is 16.6. The third-order valence-corrected chi connectivity index (χ3v) is 5.79. The number of rotatable bonds is 6. The predicted octanol–water partition coefficient (Wildman–Crippen LogP) is 4.03. The first-order chi connectivity index (χ1) is 13.3. The van der Waals surface area contributed by atoms with E-state index in [0.717, 1.165) is 16.7 Å². The molecule has 0 unspecified atom stereocenters. The van der Waals surface area contributed by atoms with Crippen LogP contribution in [0.1, 0.15) is 27.0 Å². The monoisotopic (exact) mass is 394 g/mol. The van der Waals surface area contributed by atoms with E-state index in [4.69, 9.17) is 0 Å². The lowest BCUT2D eigenvalue weighted by molar-refractivity contribution is 0.0950. The van der Waals surface area contributed by atoms with Gasteiger partial charge in [0.2, 0.25) is 0 Å². The fraction of sp³-hybridized carbons (Fsp3) is 0.136. The molecule has 0 atom stereocenters. The van der Waals surface area contributed by atoms with Crippen LogP contribution in [0.25, 0.3) is 0 Å². The molecule has 0 aliphatic carbocycles. The lowest BCUT2D eigenvalue weighted by atomic mass is 10.1. The zero-order valence-electron chi connectivity index (χ0n) is 15.8. The van der Waals surface area contributed by atoms with Crippen molar-refractivity contribution in [1.82, 2.24) is 5.32 Å². The van der Waals surface area contributed by atoms with E-state index in [0.29, 0.717) is 17.8 Å². The van der Waals surface area contributed by atoms with Crippen LogP contribution in [0.3, 0.4) is 0 Å². The van der Waals surface area contributed by atoms with Gasteiger partial charge < -0.3 is 5.32 Å². The van der Waals surface area contributed by atoms with Crippen molar-refractivity contribution in [3.63, 3.8) is 0 Å². The van der Waals surface area contributed by atoms with Crippen molar-refractivity contribution in [2.45, 2.75) is 25.3 Å². The number of nitrogens with one attached hydrogen (secondary N) is 2. The van der Waals surface area contributed by atoms with Gasteiger partial charge in [0.25, 0.3) is 15.9 Å². The molecule has 3 aromatic rings. The number of benzene rings is 3. The summed E-state index contributed by atoms with van der Waals surface area (Å²) in [6.07, 6.45) is 0. The number of anilines is 1. The Balaban J connectivity index is 1.74. The molecule has 0 aromatic heterocycles. The van der Waals surface area contributed by atoms with Crippen LogP contribution in [0, 0.1) is 13.8 Å². The van der Waals surface area contributed by atoms with Crippen LogP contribution in [0.15, 0.2) is 77.7 Å². The summed E-state index contributed by atoms with van der Waals surface area (Å²) in [5, 5.41) is 2.84. The Labute approximate surface area is 165 Å². The maximum Gasteiger partial charge on any atom is 0.261 e. The molecule has 5 nitrogen and oxygen atoms in total. The van der Waals surface area contributed by atoms with E-state index in [1.807, 2.05) is 50.2 Å². The molecule has 0 radical (unpaired) electrons. The topological polar surface area (TPSA) is 75.3 Å². The van der Waals surface area contributed by atoms with E-state index >= 15 is 0 Å². The smallest absolute Gasteiger partial charge is 0.261 e. The summed E-state index contributed by atoms with van der Waals surface area (Å²) in [6, 6.07) is 20.8. The maximum absolute atomic E-state index is 12.6. The second kappa shape index (κ2) is 8.27. The maximum atomic E-state index is 12.6. The Hall–Kier alpha value is -3.12. The number of carbonyl (C=O) groups excluding carboxylic acids is 1. The lowest BCUT2D eigenvalue weighted by Gasteiger charge is -2.11. The highest BCUT2D eigenvalue weighted by Gasteiger charge is 2.16. The Bertz CT molecular complexity index is 1090. The molecule has 0 saturated heterocycles. The largest absolute Gasteiger partial charge is 0.348 e. The van der Waals surface area contributed by atoms with Gasteiger partial charge in [-0.2, -0.15) is 0 Å². The van der Waals surface area contributed by atoms with Crippen LogP contribution in [0.5, 0.6) is 0 Å². The molecule has 28 heavy (non-hydrogen) atoms. The molecular weight excluding hydrogens is 372 g/mol. The molecule has 2 N–H and O–H groups in total. The molecule has 0 aliphatic heterocycles. The summed E-state index contributed by atoms with van der Waals surface area (Å²) in [7, 11) is -3.79. The Morgan fingerprint density at radius 1 is 0.893 bits per heavy atom. The van der Waals surface area contributed by atoms with E-state index in [1.165, 1.54) is 12.1 Å². The molecule has 3 aromatic carbocycles. The Kier molecular flexibility index (Phi) is 5.80. The van der Waals surface area contributed by atoms with Crippen molar-refractivity contribution >= 4 is 21.6 Å². The first kappa shape index (κ1) is 19.6. The van der Waals surface area contributed by atoms with Crippen LogP contribution in [0.2, 0.25) is 0 Å². The van der Waals surface area contributed by atoms with Crippen LogP contribution >= 0.6 is 0 Å². The van der Waals surface area contributed by atoms with Crippen LogP contribution in [-0.2, 0) is 16.6 Å². The van der Waals surface area contributed by atoms with Gasteiger partial charge >= 0.3 is 0 Å². The molecular formula is C22H22N2O3S. The number of hydrogen-bond donors (Lipinski definition) is 2. The third kappa shape index (κ3) is 4.78. The first-order valence-corrected chi connectivity index (χ1v) is 10.4. The summed E-state index contributed by atoms with van der Waals surface area (Å²) >= 11 is 0. The molecule has 6 heteroatoms. The summed E-state index contributed by atoms with van der Waals surface area (Å²) in [5.74, 6) is -0.323. The highest BCUT2D eigenvalue weighted by atomic mass is 32.2. The van der Waals surface area contributed by atoms with Crippen LogP contribution < -0.4 is 10.0 Å². The summed E-state index contributed by atoms with van der Waals surface area (Å²) in [6.45, 7) is 4.28. The normalized spacial score (nSPS) is 11.1. The zero-order chi connectivity index (χ0) is 20.1. The molecule has 0 aliphatic rings. The minimum atomic E-state index is -3.79. The standard InChI is InChI=1S/C22H22N2O3S/c1-16-10-12-20(13-11-16)24-28(26,27)21-9-5-8-18(14-21)22(25)23-15-19-7-4-3-6-17(19)2/h3-14,24H,15H2,1-2H3,(H,23,25). The fourth-order valence-corrected chi connectivity index (χ4v) is 3.83. The average molecular weight is 394 g/mol. The van der Waals surface area contributed by atoms with Crippen molar-refractivity contribution in [3.8, 4) is 0 Å². The van der Waals surface area contributed by atoms with Crippen molar-refractivity contribution in [2.75, 3.05) is 4.72 Å². The summed E-state index contributed by atoms with van der Waals surface area (Å²) in [4.78, 5) is 12.5. The van der Waals surface area contributed by atoms with Crippen LogP contribution in [0.4, 0.5) is 5.69 Å². The fourth-order valence-electron chi connectivity index (χ4n) is 2.73. The Morgan fingerprint density at radius 3 is 2.32 bits per heavy atom. The second-order valence-electron chi connectivity index (χ2n) is 6.61. The van der Waals surface area contributed by atoms with E-state index in [1.54, 1.807) is 24.3 Å². The quantitative estimate of drug-likeness (QED) is 0.663. The first-order valence-electron chi connectivity index (χ1n) is 8.87. The Morgan fingerprint density at radius 2 is 1.61 bits per heavy atom. The molecule has 1 amide bonds. The minimum absolute atomic E-state index is 0.0385. The molecule has 0 bridgehead atoms.